The first-order chi connectivity index (χ1) is 8.10. The number of rotatable bonds is 5. The molecule has 0 heterocycles. The molecule has 3 nitrogen and oxygen atoms in total. The van der Waals surface area contributed by atoms with Gasteiger partial charge in [0, 0.05) is 13.1 Å². The Morgan fingerprint density at radius 1 is 1.53 bits per heavy atom. The van der Waals surface area contributed by atoms with E-state index in [4.69, 9.17) is 4.74 Å². The first-order valence-corrected chi connectivity index (χ1v) is 5.61. The molecule has 0 aliphatic carbocycles. The van der Waals surface area contributed by atoms with Crippen molar-refractivity contribution in [2.24, 2.45) is 0 Å². The van der Waals surface area contributed by atoms with Gasteiger partial charge in [0.15, 0.2) is 0 Å². The second-order valence-corrected chi connectivity index (χ2v) is 4.02. The summed E-state index contributed by atoms with van der Waals surface area (Å²) in [6, 6.07) is 7.96. The Morgan fingerprint density at radius 3 is 2.76 bits per heavy atom. The van der Waals surface area contributed by atoms with Crippen LogP contribution >= 0.6 is 0 Å². The highest BCUT2D eigenvalue weighted by Crippen LogP contribution is 2.20. The third-order valence-corrected chi connectivity index (χ3v) is 2.89. The molecule has 1 rings (SSSR count). The van der Waals surface area contributed by atoms with Gasteiger partial charge >= 0.3 is 0 Å². The van der Waals surface area contributed by atoms with Crippen LogP contribution in [0, 0.1) is 0 Å². The van der Waals surface area contributed by atoms with Gasteiger partial charge in [0.25, 0.3) is 0 Å². The second-order valence-electron chi connectivity index (χ2n) is 4.02. The zero-order valence-corrected chi connectivity index (χ0v) is 10.6. The first-order valence-electron chi connectivity index (χ1n) is 5.61. The van der Waals surface area contributed by atoms with Gasteiger partial charge < -0.3 is 9.64 Å². The SMILES string of the molecule is C=CC(=O)N(C)C(C)Cc1ccccc1OC. The first kappa shape index (κ1) is 13.3. The molecule has 1 aromatic carbocycles. The highest BCUT2D eigenvalue weighted by Gasteiger charge is 2.15. The molecule has 92 valence electrons. The summed E-state index contributed by atoms with van der Waals surface area (Å²) in [7, 11) is 3.44. The normalized spacial score (nSPS) is 11.7. The lowest BCUT2D eigenvalue weighted by Crippen LogP contribution is -2.35. The van der Waals surface area contributed by atoms with E-state index in [0.29, 0.717) is 0 Å². The van der Waals surface area contributed by atoms with Crippen LogP contribution in [0.1, 0.15) is 12.5 Å². The number of carbonyl (C=O) groups excluding carboxylic acids is 1. The van der Waals surface area contributed by atoms with Gasteiger partial charge in [-0.05, 0) is 31.1 Å². The van der Waals surface area contributed by atoms with Gasteiger partial charge in [0.1, 0.15) is 5.75 Å². The maximum Gasteiger partial charge on any atom is 0.245 e. The predicted octanol–water partition coefficient (Wildman–Crippen LogP) is 2.27. The molecule has 0 saturated heterocycles. The maximum atomic E-state index is 11.5. The standard InChI is InChI=1S/C14H19NO2/c1-5-14(16)15(3)11(2)10-12-8-6-7-9-13(12)17-4/h5-9,11H,1,10H2,2-4H3. The van der Waals surface area contributed by atoms with Crippen LogP contribution in [0.25, 0.3) is 0 Å². The number of ether oxygens (including phenoxy) is 1. The van der Waals surface area contributed by atoms with Crippen molar-refractivity contribution < 1.29 is 9.53 Å². The van der Waals surface area contributed by atoms with Gasteiger partial charge in [-0.1, -0.05) is 24.8 Å². The summed E-state index contributed by atoms with van der Waals surface area (Å²) >= 11 is 0. The number of hydrogen-bond acceptors (Lipinski definition) is 2. The topological polar surface area (TPSA) is 29.5 Å². The minimum atomic E-state index is -0.0626. The number of nitrogens with zero attached hydrogens (tertiary/aromatic N) is 1. The van der Waals surface area contributed by atoms with Crippen LogP contribution in [0.2, 0.25) is 0 Å². The van der Waals surface area contributed by atoms with Crippen LogP contribution in [0.5, 0.6) is 5.75 Å². The van der Waals surface area contributed by atoms with E-state index in [2.05, 4.69) is 6.58 Å². The van der Waals surface area contributed by atoms with Crippen molar-refractivity contribution in [1.29, 1.82) is 0 Å². The van der Waals surface area contributed by atoms with Crippen molar-refractivity contribution >= 4 is 5.91 Å². The number of hydrogen-bond donors (Lipinski definition) is 0. The Labute approximate surface area is 103 Å². The monoisotopic (exact) mass is 233 g/mol. The zero-order chi connectivity index (χ0) is 12.8. The van der Waals surface area contributed by atoms with Crippen molar-refractivity contribution in [3.8, 4) is 5.75 Å². The zero-order valence-electron chi connectivity index (χ0n) is 10.6. The lowest BCUT2D eigenvalue weighted by Gasteiger charge is -2.24. The molecule has 0 aliphatic heterocycles. The highest BCUT2D eigenvalue weighted by atomic mass is 16.5. The van der Waals surface area contributed by atoms with Gasteiger partial charge in [0.05, 0.1) is 7.11 Å². The third kappa shape index (κ3) is 3.34. The van der Waals surface area contributed by atoms with Crippen molar-refractivity contribution in [3.05, 3.63) is 42.5 Å². The number of amides is 1. The summed E-state index contributed by atoms with van der Waals surface area (Å²) in [4.78, 5) is 13.2. The van der Waals surface area contributed by atoms with Gasteiger partial charge in [0.2, 0.25) is 5.91 Å². The third-order valence-electron chi connectivity index (χ3n) is 2.89. The van der Waals surface area contributed by atoms with Crippen LogP contribution in [-0.2, 0) is 11.2 Å². The fourth-order valence-corrected chi connectivity index (χ4v) is 1.69. The largest absolute Gasteiger partial charge is 0.496 e. The maximum absolute atomic E-state index is 11.5. The van der Waals surface area contributed by atoms with E-state index >= 15 is 0 Å². The molecule has 0 aromatic heterocycles. The second kappa shape index (κ2) is 6.09. The van der Waals surface area contributed by atoms with E-state index in [1.807, 2.05) is 31.2 Å². The van der Waals surface area contributed by atoms with Crippen molar-refractivity contribution in [2.45, 2.75) is 19.4 Å². The van der Waals surface area contributed by atoms with Gasteiger partial charge in [-0.15, -0.1) is 0 Å². The number of methoxy groups -OCH3 is 1. The molecule has 0 spiro atoms. The van der Waals surface area contributed by atoms with E-state index in [9.17, 15) is 4.79 Å². The molecule has 0 saturated carbocycles. The Kier molecular flexibility index (Phi) is 4.76. The van der Waals surface area contributed by atoms with Crippen LogP contribution in [0.3, 0.4) is 0 Å². The quantitative estimate of drug-likeness (QED) is 0.730. The van der Waals surface area contributed by atoms with Crippen molar-refractivity contribution in [1.82, 2.24) is 4.90 Å². The lowest BCUT2D eigenvalue weighted by molar-refractivity contribution is -0.126. The average Bonchev–Trinajstić information content (AvgIpc) is 2.37. The molecule has 3 heteroatoms. The molecule has 0 radical (unpaired) electrons. The predicted molar refractivity (Wildman–Crippen MR) is 69.1 cm³/mol. The highest BCUT2D eigenvalue weighted by molar-refractivity contribution is 5.87. The molecule has 1 aromatic rings. The summed E-state index contributed by atoms with van der Waals surface area (Å²) in [6.45, 7) is 5.50. The summed E-state index contributed by atoms with van der Waals surface area (Å²) in [5.74, 6) is 0.797. The minimum absolute atomic E-state index is 0.0626. The molecule has 0 N–H and O–H groups in total. The molecule has 0 aliphatic rings. The van der Waals surface area contributed by atoms with E-state index < -0.39 is 0 Å². The van der Waals surface area contributed by atoms with E-state index in [1.54, 1.807) is 19.1 Å². The number of benzene rings is 1. The Balaban J connectivity index is 2.77. The number of likely N-dealkylation sites (N-methyl/N-ethyl adjacent to an activating group) is 1. The van der Waals surface area contributed by atoms with Crippen molar-refractivity contribution in [3.63, 3.8) is 0 Å². The molecular formula is C14H19NO2. The molecular weight excluding hydrogens is 214 g/mol. The molecule has 1 amide bonds. The van der Waals surface area contributed by atoms with E-state index in [0.717, 1.165) is 17.7 Å². The van der Waals surface area contributed by atoms with Gasteiger partial charge in [-0.3, -0.25) is 4.79 Å². The Morgan fingerprint density at radius 2 is 2.18 bits per heavy atom. The van der Waals surface area contributed by atoms with Crippen LogP contribution < -0.4 is 4.74 Å². The molecule has 17 heavy (non-hydrogen) atoms. The van der Waals surface area contributed by atoms with Crippen LogP contribution in [0.4, 0.5) is 0 Å². The molecule has 0 fully saturated rings. The van der Waals surface area contributed by atoms with Gasteiger partial charge in [-0.25, -0.2) is 0 Å². The summed E-state index contributed by atoms with van der Waals surface area (Å²) in [6.07, 6.45) is 2.10. The number of para-hydroxylation sites is 1. The van der Waals surface area contributed by atoms with E-state index in [1.165, 1.54) is 6.08 Å². The Bertz CT molecular complexity index is 401. The van der Waals surface area contributed by atoms with E-state index in [-0.39, 0.29) is 11.9 Å². The van der Waals surface area contributed by atoms with Crippen LogP contribution in [0.15, 0.2) is 36.9 Å². The number of carbonyl (C=O) groups is 1. The van der Waals surface area contributed by atoms with Gasteiger partial charge in [-0.2, -0.15) is 0 Å². The summed E-state index contributed by atoms with van der Waals surface area (Å²) in [5, 5.41) is 0. The molecule has 1 unspecified atom stereocenters. The smallest absolute Gasteiger partial charge is 0.245 e. The summed E-state index contributed by atoms with van der Waals surface area (Å²) in [5.41, 5.74) is 1.10. The Hall–Kier alpha value is -1.77. The average molecular weight is 233 g/mol. The molecule has 0 bridgehead atoms. The lowest BCUT2D eigenvalue weighted by atomic mass is 10.1. The minimum Gasteiger partial charge on any atom is -0.496 e. The summed E-state index contributed by atoms with van der Waals surface area (Å²) < 4.78 is 5.29. The molecule has 1 atom stereocenters. The van der Waals surface area contributed by atoms with Crippen molar-refractivity contribution in [2.75, 3.05) is 14.2 Å². The van der Waals surface area contributed by atoms with Crippen LogP contribution in [-0.4, -0.2) is 31.0 Å². The fourth-order valence-electron chi connectivity index (χ4n) is 1.69. The fraction of sp³-hybridized carbons (Fsp3) is 0.357.